The minimum Gasteiger partial charge on any atom is -0.248 e. The van der Waals surface area contributed by atoms with Crippen LogP contribution in [-0.4, -0.2) is 4.98 Å². The molecule has 10 heavy (non-hydrogen) atoms. The van der Waals surface area contributed by atoms with E-state index in [0.29, 0.717) is 5.69 Å². The summed E-state index contributed by atoms with van der Waals surface area (Å²) in [5, 5.41) is 8.34. The van der Waals surface area contributed by atoms with E-state index in [1.165, 1.54) is 12.3 Å². The molecule has 0 aliphatic carbocycles. The summed E-state index contributed by atoms with van der Waals surface area (Å²) in [7, 11) is 0. The molecule has 0 amide bonds. The van der Waals surface area contributed by atoms with Gasteiger partial charge in [0, 0.05) is 6.20 Å². The Morgan fingerprint density at radius 1 is 1.70 bits per heavy atom. The number of hydrogen-bond acceptors (Lipinski definition) is 2. The molecule has 0 radical (unpaired) electrons. The Labute approximate surface area is 58.4 Å². The standard InChI is InChI=1S/C7H3N3/c1-9-6-2-3-10-7(4-6)5-8/h2-4H. The van der Waals surface area contributed by atoms with Gasteiger partial charge in [0.1, 0.15) is 11.8 Å². The van der Waals surface area contributed by atoms with Crippen LogP contribution in [0.5, 0.6) is 0 Å². The summed E-state index contributed by atoms with van der Waals surface area (Å²) in [4.78, 5) is 6.84. The molecule has 1 aromatic rings. The molecule has 0 unspecified atom stereocenters. The molecule has 0 aliphatic rings. The van der Waals surface area contributed by atoms with E-state index in [0.717, 1.165) is 0 Å². The van der Waals surface area contributed by atoms with Gasteiger partial charge in [-0.25, -0.2) is 9.83 Å². The monoisotopic (exact) mass is 129 g/mol. The second-order valence-corrected chi connectivity index (χ2v) is 1.62. The number of hydrogen-bond donors (Lipinski definition) is 0. The fourth-order valence-corrected chi connectivity index (χ4v) is 0.550. The van der Waals surface area contributed by atoms with Crippen LogP contribution < -0.4 is 0 Å². The number of nitriles is 1. The lowest BCUT2D eigenvalue weighted by Crippen LogP contribution is -1.76. The maximum Gasteiger partial charge on any atom is 0.191 e. The van der Waals surface area contributed by atoms with Gasteiger partial charge in [0.25, 0.3) is 0 Å². The molecule has 0 bridgehead atoms. The summed E-state index contributed by atoms with van der Waals surface area (Å²) in [6.45, 7) is 6.60. The van der Waals surface area contributed by atoms with Crippen molar-refractivity contribution in [3.05, 3.63) is 35.4 Å². The van der Waals surface area contributed by atoms with Crippen molar-refractivity contribution in [3.8, 4) is 6.07 Å². The van der Waals surface area contributed by atoms with Crippen LogP contribution in [0.3, 0.4) is 0 Å². The lowest BCUT2D eigenvalue weighted by atomic mass is 10.3. The third-order valence-corrected chi connectivity index (χ3v) is 0.987. The highest BCUT2D eigenvalue weighted by atomic mass is 14.7. The van der Waals surface area contributed by atoms with E-state index >= 15 is 0 Å². The first kappa shape index (κ1) is 6.25. The minimum atomic E-state index is 0.286. The molecule has 0 saturated carbocycles. The van der Waals surface area contributed by atoms with Crippen molar-refractivity contribution >= 4 is 5.69 Å². The van der Waals surface area contributed by atoms with E-state index < -0.39 is 0 Å². The van der Waals surface area contributed by atoms with Gasteiger partial charge in [0.05, 0.1) is 6.57 Å². The molecule has 1 aromatic heterocycles. The highest BCUT2D eigenvalue weighted by Gasteiger charge is 1.91. The van der Waals surface area contributed by atoms with Gasteiger partial charge in [0.2, 0.25) is 0 Å². The summed E-state index contributed by atoms with van der Waals surface area (Å²) in [6.07, 6.45) is 1.45. The van der Waals surface area contributed by atoms with Gasteiger partial charge in [0.15, 0.2) is 5.69 Å². The van der Waals surface area contributed by atoms with Crippen LogP contribution in [0.15, 0.2) is 18.3 Å². The van der Waals surface area contributed by atoms with Gasteiger partial charge in [-0.3, -0.25) is 0 Å². The second-order valence-electron chi connectivity index (χ2n) is 1.62. The maximum atomic E-state index is 8.34. The van der Waals surface area contributed by atoms with Crippen molar-refractivity contribution in [2.24, 2.45) is 0 Å². The SMILES string of the molecule is [C-]#[N+]c1ccnc(C#N)c1. The van der Waals surface area contributed by atoms with Gasteiger partial charge < -0.3 is 0 Å². The van der Waals surface area contributed by atoms with E-state index in [-0.39, 0.29) is 5.69 Å². The lowest BCUT2D eigenvalue weighted by Gasteiger charge is -1.86. The van der Waals surface area contributed by atoms with E-state index in [1.807, 2.05) is 6.07 Å². The Morgan fingerprint density at radius 3 is 3.10 bits per heavy atom. The summed E-state index contributed by atoms with van der Waals surface area (Å²) >= 11 is 0. The van der Waals surface area contributed by atoms with Crippen molar-refractivity contribution in [3.63, 3.8) is 0 Å². The zero-order valence-electron chi connectivity index (χ0n) is 5.07. The first-order valence-electron chi connectivity index (χ1n) is 2.60. The summed E-state index contributed by atoms with van der Waals surface area (Å²) in [5.74, 6) is 0. The molecule has 0 fully saturated rings. The fraction of sp³-hybridized carbons (Fsp3) is 0. The Kier molecular flexibility index (Phi) is 1.63. The highest BCUT2D eigenvalue weighted by Crippen LogP contribution is 2.09. The zero-order valence-corrected chi connectivity index (χ0v) is 5.07. The maximum absolute atomic E-state index is 8.34. The molecule has 0 aliphatic heterocycles. The largest absolute Gasteiger partial charge is 0.248 e. The van der Waals surface area contributed by atoms with E-state index in [4.69, 9.17) is 11.8 Å². The molecule has 0 aromatic carbocycles. The summed E-state index contributed by atoms with van der Waals surface area (Å²) < 4.78 is 0. The molecule has 0 N–H and O–H groups in total. The topological polar surface area (TPSA) is 41.0 Å². The first-order valence-corrected chi connectivity index (χ1v) is 2.60. The zero-order chi connectivity index (χ0) is 7.40. The average Bonchev–Trinajstić information content (AvgIpc) is 2.05. The first-order chi connectivity index (χ1) is 4.86. The fourth-order valence-electron chi connectivity index (χ4n) is 0.550. The second kappa shape index (κ2) is 2.61. The van der Waals surface area contributed by atoms with Crippen LogP contribution in [0.4, 0.5) is 5.69 Å². The van der Waals surface area contributed by atoms with Gasteiger partial charge in [-0.15, -0.1) is 0 Å². The van der Waals surface area contributed by atoms with Crippen LogP contribution in [-0.2, 0) is 0 Å². The summed E-state index contributed by atoms with van der Waals surface area (Å²) in [6, 6.07) is 4.86. The summed E-state index contributed by atoms with van der Waals surface area (Å²) in [5.41, 5.74) is 0.736. The van der Waals surface area contributed by atoms with E-state index in [9.17, 15) is 0 Å². The predicted octanol–water partition coefficient (Wildman–Crippen LogP) is 1.50. The van der Waals surface area contributed by atoms with E-state index in [1.54, 1.807) is 6.07 Å². The molecular formula is C7H3N3. The van der Waals surface area contributed by atoms with Crippen LogP contribution in [0.25, 0.3) is 4.85 Å². The number of nitrogens with zero attached hydrogens (tertiary/aromatic N) is 3. The molecule has 1 rings (SSSR count). The van der Waals surface area contributed by atoms with Crippen LogP contribution in [0, 0.1) is 17.9 Å². The Bertz CT molecular complexity index is 287. The number of rotatable bonds is 0. The smallest absolute Gasteiger partial charge is 0.191 e. The predicted molar refractivity (Wildman–Crippen MR) is 35.2 cm³/mol. The van der Waals surface area contributed by atoms with Crippen molar-refractivity contribution < 1.29 is 0 Å². The van der Waals surface area contributed by atoms with Gasteiger partial charge in [-0.2, -0.15) is 5.26 Å². The minimum absolute atomic E-state index is 0.286. The molecule has 0 saturated heterocycles. The Hall–Kier alpha value is -1.87. The molecule has 0 spiro atoms. The molecular weight excluding hydrogens is 126 g/mol. The highest BCUT2D eigenvalue weighted by molar-refractivity contribution is 5.46. The molecule has 3 heteroatoms. The third kappa shape index (κ3) is 1.10. The van der Waals surface area contributed by atoms with Gasteiger partial charge >= 0.3 is 0 Å². The molecule has 3 nitrogen and oxygen atoms in total. The lowest BCUT2D eigenvalue weighted by molar-refractivity contribution is 1.27. The van der Waals surface area contributed by atoms with Crippen molar-refractivity contribution in [2.75, 3.05) is 0 Å². The number of pyridine rings is 1. The van der Waals surface area contributed by atoms with Crippen molar-refractivity contribution in [1.29, 1.82) is 5.26 Å². The Balaban J connectivity index is 3.17. The quantitative estimate of drug-likeness (QED) is 0.498. The van der Waals surface area contributed by atoms with E-state index in [2.05, 4.69) is 9.83 Å². The van der Waals surface area contributed by atoms with Crippen molar-refractivity contribution in [1.82, 2.24) is 4.98 Å². The molecule has 1 heterocycles. The normalized spacial score (nSPS) is 7.80. The van der Waals surface area contributed by atoms with Gasteiger partial charge in [-0.1, -0.05) is 0 Å². The Morgan fingerprint density at radius 2 is 2.50 bits per heavy atom. The molecule has 0 atom stereocenters. The van der Waals surface area contributed by atoms with Gasteiger partial charge in [-0.05, 0) is 12.1 Å². The average molecular weight is 129 g/mol. The number of aromatic nitrogens is 1. The van der Waals surface area contributed by atoms with Crippen LogP contribution in [0.1, 0.15) is 5.69 Å². The molecule has 46 valence electrons. The van der Waals surface area contributed by atoms with Crippen LogP contribution in [0.2, 0.25) is 0 Å². The van der Waals surface area contributed by atoms with Crippen molar-refractivity contribution in [2.45, 2.75) is 0 Å². The van der Waals surface area contributed by atoms with Crippen LogP contribution >= 0.6 is 0 Å². The third-order valence-electron chi connectivity index (χ3n) is 0.987.